The maximum absolute atomic E-state index is 12.6. The Bertz CT molecular complexity index is 492. The Morgan fingerprint density at radius 1 is 1.29 bits per heavy atom. The molecule has 2 rings (SSSR count). The molecule has 17 heavy (non-hydrogen) atoms. The van der Waals surface area contributed by atoms with Crippen LogP contribution in [0.25, 0.3) is 5.57 Å². The summed E-state index contributed by atoms with van der Waals surface area (Å²) in [6, 6.07) is 1.54. The molecule has 1 aliphatic rings. The van der Waals surface area contributed by atoms with Crippen LogP contribution in [0.2, 0.25) is 0 Å². The standard InChI is InChI=1S/C12H9F3O2/c1-7-10(12(13,14)15)3-2-9(11(7)16)8-4-5-17-6-8/h2-7H,1H3. The van der Waals surface area contributed by atoms with Gasteiger partial charge in [-0.15, -0.1) is 0 Å². The molecule has 0 aliphatic heterocycles. The van der Waals surface area contributed by atoms with Gasteiger partial charge in [-0.25, -0.2) is 0 Å². The SMILES string of the molecule is CC1C(=O)C(c2ccoc2)=CC=C1C(F)(F)F. The van der Waals surface area contributed by atoms with Gasteiger partial charge in [0, 0.05) is 22.6 Å². The molecule has 1 aromatic heterocycles. The normalized spacial score (nSPS) is 21.2. The van der Waals surface area contributed by atoms with Gasteiger partial charge in [0.1, 0.15) is 0 Å². The van der Waals surface area contributed by atoms with Gasteiger partial charge in [-0.3, -0.25) is 4.79 Å². The summed E-state index contributed by atoms with van der Waals surface area (Å²) in [5.41, 5.74) is -0.0617. The average Bonchev–Trinajstić information content (AvgIpc) is 2.73. The maximum Gasteiger partial charge on any atom is 0.413 e. The van der Waals surface area contributed by atoms with Crippen molar-refractivity contribution in [2.75, 3.05) is 0 Å². The third-order valence-corrected chi connectivity index (χ3v) is 2.71. The van der Waals surface area contributed by atoms with Crippen LogP contribution >= 0.6 is 0 Å². The Labute approximate surface area is 95.4 Å². The molecule has 1 atom stereocenters. The number of halogens is 3. The molecule has 1 aliphatic carbocycles. The highest BCUT2D eigenvalue weighted by Gasteiger charge is 2.41. The van der Waals surface area contributed by atoms with E-state index in [1.165, 1.54) is 25.5 Å². The molecule has 0 saturated carbocycles. The summed E-state index contributed by atoms with van der Waals surface area (Å²) in [7, 11) is 0. The summed E-state index contributed by atoms with van der Waals surface area (Å²) in [5.74, 6) is -1.72. The van der Waals surface area contributed by atoms with Crippen molar-refractivity contribution in [3.05, 3.63) is 41.9 Å². The highest BCUT2D eigenvalue weighted by molar-refractivity contribution is 6.23. The molecule has 0 aromatic carbocycles. The number of carbonyl (C=O) groups is 1. The number of allylic oxidation sites excluding steroid dienone is 4. The van der Waals surface area contributed by atoms with Crippen molar-refractivity contribution in [1.82, 2.24) is 0 Å². The number of rotatable bonds is 1. The van der Waals surface area contributed by atoms with Crippen LogP contribution in [-0.4, -0.2) is 12.0 Å². The molecule has 0 spiro atoms. The van der Waals surface area contributed by atoms with Crippen molar-refractivity contribution in [1.29, 1.82) is 0 Å². The highest BCUT2D eigenvalue weighted by Crippen LogP contribution is 2.37. The lowest BCUT2D eigenvalue weighted by Crippen LogP contribution is -2.27. The summed E-state index contributed by atoms with van der Waals surface area (Å²) in [6.45, 7) is 1.26. The number of alkyl halides is 3. The fourth-order valence-electron chi connectivity index (χ4n) is 1.77. The molecule has 0 N–H and O–H groups in total. The van der Waals surface area contributed by atoms with Crippen LogP contribution in [0, 0.1) is 5.92 Å². The fourth-order valence-corrected chi connectivity index (χ4v) is 1.77. The van der Waals surface area contributed by atoms with Crippen LogP contribution in [0.4, 0.5) is 13.2 Å². The molecule has 0 bridgehead atoms. The Balaban J connectivity index is 2.43. The van der Waals surface area contributed by atoms with Crippen LogP contribution in [-0.2, 0) is 4.79 Å². The minimum absolute atomic E-state index is 0.249. The molecule has 0 fully saturated rings. The van der Waals surface area contributed by atoms with E-state index in [1.807, 2.05) is 0 Å². The molecule has 0 saturated heterocycles. The lowest BCUT2D eigenvalue weighted by Gasteiger charge is -2.21. The Morgan fingerprint density at radius 2 is 2.00 bits per heavy atom. The first-order chi connectivity index (χ1) is 7.91. The van der Waals surface area contributed by atoms with Gasteiger partial charge in [-0.2, -0.15) is 13.2 Å². The zero-order valence-corrected chi connectivity index (χ0v) is 8.91. The van der Waals surface area contributed by atoms with E-state index in [0.717, 1.165) is 6.08 Å². The number of carbonyl (C=O) groups excluding carboxylic acids is 1. The van der Waals surface area contributed by atoms with Gasteiger partial charge in [-0.05, 0) is 6.07 Å². The van der Waals surface area contributed by atoms with E-state index in [9.17, 15) is 18.0 Å². The van der Waals surface area contributed by atoms with E-state index in [0.29, 0.717) is 5.56 Å². The largest absolute Gasteiger partial charge is 0.472 e. The zero-order chi connectivity index (χ0) is 12.6. The predicted molar refractivity (Wildman–Crippen MR) is 55.0 cm³/mol. The lowest BCUT2D eigenvalue weighted by atomic mass is 9.85. The van der Waals surface area contributed by atoms with Crippen LogP contribution in [0.5, 0.6) is 0 Å². The maximum atomic E-state index is 12.6. The van der Waals surface area contributed by atoms with Gasteiger partial charge in [0.05, 0.1) is 12.5 Å². The monoisotopic (exact) mass is 242 g/mol. The molecule has 1 heterocycles. The second-order valence-electron chi connectivity index (χ2n) is 3.80. The van der Waals surface area contributed by atoms with Gasteiger partial charge >= 0.3 is 6.18 Å². The van der Waals surface area contributed by atoms with Gasteiger partial charge in [-0.1, -0.05) is 19.1 Å². The summed E-state index contributed by atoms with van der Waals surface area (Å²) in [5, 5.41) is 0. The predicted octanol–water partition coefficient (Wildman–Crippen LogP) is 3.37. The lowest BCUT2D eigenvalue weighted by molar-refractivity contribution is -0.123. The van der Waals surface area contributed by atoms with Gasteiger partial charge < -0.3 is 4.42 Å². The van der Waals surface area contributed by atoms with Crippen molar-refractivity contribution < 1.29 is 22.4 Å². The van der Waals surface area contributed by atoms with Gasteiger partial charge in [0.15, 0.2) is 5.78 Å². The van der Waals surface area contributed by atoms with Crippen LogP contribution in [0.3, 0.4) is 0 Å². The average molecular weight is 242 g/mol. The quantitative estimate of drug-likeness (QED) is 0.755. The number of hydrogen-bond donors (Lipinski definition) is 0. The Morgan fingerprint density at radius 3 is 2.53 bits per heavy atom. The second-order valence-corrected chi connectivity index (χ2v) is 3.80. The van der Waals surface area contributed by atoms with Crippen molar-refractivity contribution in [3.8, 4) is 0 Å². The van der Waals surface area contributed by atoms with Gasteiger partial charge in [0.25, 0.3) is 0 Å². The third kappa shape index (κ3) is 2.05. The second kappa shape index (κ2) is 3.91. The number of ketones is 1. The van der Waals surface area contributed by atoms with E-state index in [-0.39, 0.29) is 5.57 Å². The first-order valence-corrected chi connectivity index (χ1v) is 4.97. The molecule has 0 radical (unpaired) electrons. The minimum Gasteiger partial charge on any atom is -0.472 e. The van der Waals surface area contributed by atoms with Gasteiger partial charge in [0.2, 0.25) is 0 Å². The first kappa shape index (κ1) is 11.7. The third-order valence-electron chi connectivity index (χ3n) is 2.71. The Kier molecular flexibility index (Phi) is 2.69. The summed E-state index contributed by atoms with van der Waals surface area (Å²) in [6.07, 6.45) is 0.387. The van der Waals surface area contributed by atoms with E-state index in [2.05, 4.69) is 0 Å². The van der Waals surface area contributed by atoms with Crippen molar-refractivity contribution >= 4 is 11.4 Å². The Hall–Kier alpha value is -1.78. The van der Waals surface area contributed by atoms with E-state index in [4.69, 9.17) is 4.42 Å². The number of Topliss-reactive ketones (excluding diaryl/α,β-unsaturated/α-hetero) is 1. The van der Waals surface area contributed by atoms with Crippen molar-refractivity contribution in [3.63, 3.8) is 0 Å². The smallest absolute Gasteiger partial charge is 0.413 e. The van der Waals surface area contributed by atoms with E-state index >= 15 is 0 Å². The molecule has 5 heteroatoms. The summed E-state index contributed by atoms with van der Waals surface area (Å²) < 4.78 is 42.5. The van der Waals surface area contributed by atoms with Crippen molar-refractivity contribution in [2.45, 2.75) is 13.1 Å². The van der Waals surface area contributed by atoms with Crippen LogP contribution in [0.1, 0.15) is 12.5 Å². The molecular weight excluding hydrogens is 233 g/mol. The number of hydrogen-bond acceptors (Lipinski definition) is 2. The van der Waals surface area contributed by atoms with Crippen LogP contribution in [0.15, 0.2) is 40.7 Å². The molecule has 1 unspecified atom stereocenters. The highest BCUT2D eigenvalue weighted by atomic mass is 19.4. The van der Waals surface area contributed by atoms with E-state index < -0.39 is 23.5 Å². The summed E-state index contributed by atoms with van der Waals surface area (Å²) >= 11 is 0. The molecule has 90 valence electrons. The number of furan rings is 1. The first-order valence-electron chi connectivity index (χ1n) is 4.97. The molecule has 0 amide bonds. The topological polar surface area (TPSA) is 30.2 Å². The summed E-state index contributed by atoms with van der Waals surface area (Å²) in [4.78, 5) is 11.8. The van der Waals surface area contributed by atoms with Crippen LogP contribution < -0.4 is 0 Å². The van der Waals surface area contributed by atoms with Crippen molar-refractivity contribution in [2.24, 2.45) is 5.92 Å². The zero-order valence-electron chi connectivity index (χ0n) is 8.91. The molecular formula is C12H9F3O2. The van der Waals surface area contributed by atoms with E-state index in [1.54, 1.807) is 6.07 Å². The molecule has 2 nitrogen and oxygen atoms in total. The molecule has 1 aromatic rings. The minimum atomic E-state index is -4.46. The fraction of sp³-hybridized carbons (Fsp3) is 0.250.